The molecule has 0 saturated heterocycles. The van der Waals surface area contributed by atoms with Crippen molar-refractivity contribution < 1.29 is 9.13 Å². The number of hydrogen-bond acceptors (Lipinski definition) is 2. The van der Waals surface area contributed by atoms with Crippen molar-refractivity contribution in [2.45, 2.75) is 52.2 Å². The van der Waals surface area contributed by atoms with Gasteiger partial charge in [-0.15, -0.1) is 0 Å². The minimum absolute atomic E-state index is 0.0265. The summed E-state index contributed by atoms with van der Waals surface area (Å²) >= 11 is 0. The van der Waals surface area contributed by atoms with E-state index >= 15 is 0 Å². The molecule has 2 unspecified atom stereocenters. The Bertz CT molecular complexity index is 431. The molecule has 1 saturated carbocycles. The molecule has 2 nitrogen and oxygen atoms in total. The van der Waals surface area contributed by atoms with Gasteiger partial charge in [0.15, 0.2) is 0 Å². The average molecular weight is 251 g/mol. The SMILES string of the molecule is Cc1cc(OC2CC(C)(C)CCC2N)ccc1F. The maximum atomic E-state index is 13.2. The van der Waals surface area contributed by atoms with E-state index in [0.29, 0.717) is 11.3 Å². The molecule has 100 valence electrons. The highest BCUT2D eigenvalue weighted by Crippen LogP contribution is 2.36. The highest BCUT2D eigenvalue weighted by Gasteiger charge is 2.34. The molecule has 1 aromatic carbocycles. The van der Waals surface area contributed by atoms with Crippen molar-refractivity contribution in [2.24, 2.45) is 11.1 Å². The molecule has 1 aliphatic rings. The minimum atomic E-state index is -0.198. The molecule has 0 radical (unpaired) electrons. The van der Waals surface area contributed by atoms with Crippen molar-refractivity contribution in [3.8, 4) is 5.75 Å². The fraction of sp³-hybridized carbons (Fsp3) is 0.600. The van der Waals surface area contributed by atoms with Gasteiger partial charge in [-0.1, -0.05) is 13.8 Å². The number of aryl methyl sites for hydroxylation is 1. The largest absolute Gasteiger partial charge is 0.489 e. The molecule has 0 amide bonds. The van der Waals surface area contributed by atoms with Crippen LogP contribution in [0.2, 0.25) is 0 Å². The van der Waals surface area contributed by atoms with Gasteiger partial charge in [-0.05, 0) is 55.4 Å². The third kappa shape index (κ3) is 3.02. The number of benzene rings is 1. The van der Waals surface area contributed by atoms with Gasteiger partial charge in [0.1, 0.15) is 17.7 Å². The lowest BCUT2D eigenvalue weighted by Crippen LogP contribution is -2.46. The summed E-state index contributed by atoms with van der Waals surface area (Å²) in [6.45, 7) is 6.23. The van der Waals surface area contributed by atoms with Gasteiger partial charge in [0.2, 0.25) is 0 Å². The number of ether oxygens (including phenoxy) is 1. The molecule has 0 spiro atoms. The first-order valence-electron chi connectivity index (χ1n) is 6.56. The second-order valence-electron chi connectivity index (χ2n) is 6.14. The van der Waals surface area contributed by atoms with Crippen molar-refractivity contribution in [3.05, 3.63) is 29.6 Å². The number of halogens is 1. The monoisotopic (exact) mass is 251 g/mol. The van der Waals surface area contributed by atoms with Crippen molar-refractivity contribution >= 4 is 0 Å². The molecule has 1 aromatic rings. The Hall–Kier alpha value is -1.09. The summed E-state index contributed by atoms with van der Waals surface area (Å²) in [6.07, 6.45) is 3.09. The molecule has 0 bridgehead atoms. The van der Waals surface area contributed by atoms with E-state index in [0.717, 1.165) is 19.3 Å². The lowest BCUT2D eigenvalue weighted by molar-refractivity contribution is 0.0668. The van der Waals surface area contributed by atoms with E-state index in [1.54, 1.807) is 19.1 Å². The van der Waals surface area contributed by atoms with E-state index in [4.69, 9.17) is 10.5 Å². The highest BCUT2D eigenvalue weighted by molar-refractivity contribution is 5.29. The Labute approximate surface area is 108 Å². The second-order valence-corrected chi connectivity index (χ2v) is 6.14. The van der Waals surface area contributed by atoms with Gasteiger partial charge < -0.3 is 10.5 Å². The van der Waals surface area contributed by atoms with Crippen LogP contribution in [0.15, 0.2) is 18.2 Å². The molecule has 2 N–H and O–H groups in total. The summed E-state index contributed by atoms with van der Waals surface area (Å²) in [5, 5.41) is 0. The molecule has 0 aromatic heterocycles. The molecule has 18 heavy (non-hydrogen) atoms. The highest BCUT2D eigenvalue weighted by atomic mass is 19.1. The van der Waals surface area contributed by atoms with Crippen LogP contribution in [-0.2, 0) is 0 Å². The van der Waals surface area contributed by atoms with E-state index in [9.17, 15) is 4.39 Å². The van der Waals surface area contributed by atoms with Gasteiger partial charge >= 0.3 is 0 Å². The van der Waals surface area contributed by atoms with E-state index in [1.165, 1.54) is 6.07 Å². The van der Waals surface area contributed by atoms with Crippen LogP contribution in [0.1, 0.15) is 38.7 Å². The summed E-state index contributed by atoms with van der Waals surface area (Å²) < 4.78 is 19.1. The van der Waals surface area contributed by atoms with Crippen LogP contribution in [0.3, 0.4) is 0 Å². The first-order chi connectivity index (χ1) is 8.37. The maximum absolute atomic E-state index is 13.2. The molecule has 1 aliphatic carbocycles. The zero-order chi connectivity index (χ0) is 13.3. The average Bonchev–Trinajstić information content (AvgIpc) is 2.28. The fourth-order valence-electron chi connectivity index (χ4n) is 2.54. The van der Waals surface area contributed by atoms with Gasteiger partial charge in [-0.2, -0.15) is 0 Å². The molecule has 2 rings (SSSR count). The van der Waals surface area contributed by atoms with Crippen LogP contribution in [0, 0.1) is 18.2 Å². The third-order valence-electron chi connectivity index (χ3n) is 3.80. The van der Waals surface area contributed by atoms with Crippen molar-refractivity contribution in [1.82, 2.24) is 0 Å². The van der Waals surface area contributed by atoms with Crippen LogP contribution in [0.25, 0.3) is 0 Å². The normalized spacial score (nSPS) is 26.9. The topological polar surface area (TPSA) is 35.2 Å². The third-order valence-corrected chi connectivity index (χ3v) is 3.80. The van der Waals surface area contributed by atoms with Crippen LogP contribution in [-0.4, -0.2) is 12.1 Å². The predicted molar refractivity (Wildman–Crippen MR) is 71.2 cm³/mol. The number of rotatable bonds is 2. The van der Waals surface area contributed by atoms with Gasteiger partial charge in [0.05, 0.1) is 0 Å². The van der Waals surface area contributed by atoms with Crippen molar-refractivity contribution in [1.29, 1.82) is 0 Å². The zero-order valence-electron chi connectivity index (χ0n) is 11.4. The van der Waals surface area contributed by atoms with E-state index in [-0.39, 0.29) is 23.4 Å². The van der Waals surface area contributed by atoms with Crippen LogP contribution in [0.5, 0.6) is 5.75 Å². The quantitative estimate of drug-likeness (QED) is 0.874. The van der Waals surface area contributed by atoms with Crippen LogP contribution < -0.4 is 10.5 Å². The lowest BCUT2D eigenvalue weighted by atomic mass is 9.74. The smallest absolute Gasteiger partial charge is 0.126 e. The Kier molecular flexibility index (Phi) is 3.62. The summed E-state index contributed by atoms with van der Waals surface area (Å²) in [4.78, 5) is 0. The molecule has 2 atom stereocenters. The number of nitrogens with two attached hydrogens (primary N) is 1. The Balaban J connectivity index is 2.09. The summed E-state index contributed by atoms with van der Waals surface area (Å²) in [7, 11) is 0. The molecule has 0 aliphatic heterocycles. The van der Waals surface area contributed by atoms with Crippen molar-refractivity contribution in [3.63, 3.8) is 0 Å². The molecular weight excluding hydrogens is 229 g/mol. The van der Waals surface area contributed by atoms with E-state index < -0.39 is 0 Å². The summed E-state index contributed by atoms with van der Waals surface area (Å²) in [5.74, 6) is 0.516. The number of hydrogen-bond donors (Lipinski definition) is 1. The van der Waals surface area contributed by atoms with Crippen molar-refractivity contribution in [2.75, 3.05) is 0 Å². The minimum Gasteiger partial charge on any atom is -0.489 e. The predicted octanol–water partition coefficient (Wildman–Crippen LogP) is 3.42. The van der Waals surface area contributed by atoms with Gasteiger partial charge in [0.25, 0.3) is 0 Å². The van der Waals surface area contributed by atoms with Gasteiger partial charge in [-0.3, -0.25) is 0 Å². The first kappa shape index (κ1) is 13.3. The molecular formula is C15H22FNO. The molecule has 1 fully saturated rings. The zero-order valence-corrected chi connectivity index (χ0v) is 11.4. The van der Waals surface area contributed by atoms with E-state index in [1.807, 2.05) is 0 Å². The van der Waals surface area contributed by atoms with Gasteiger partial charge in [0, 0.05) is 6.04 Å². The standard InChI is InChI=1S/C15H22FNO/c1-10-8-11(4-5-12(10)16)18-14-9-15(2,3)7-6-13(14)17/h4-5,8,13-14H,6-7,9,17H2,1-3H3. The molecule has 0 heterocycles. The second kappa shape index (κ2) is 4.88. The molecule has 3 heteroatoms. The maximum Gasteiger partial charge on any atom is 0.126 e. The van der Waals surface area contributed by atoms with Crippen LogP contribution in [0.4, 0.5) is 4.39 Å². The van der Waals surface area contributed by atoms with Crippen LogP contribution >= 0.6 is 0 Å². The summed E-state index contributed by atoms with van der Waals surface area (Å²) in [6, 6.07) is 4.94. The Morgan fingerprint density at radius 1 is 1.39 bits per heavy atom. The Morgan fingerprint density at radius 2 is 2.11 bits per heavy atom. The van der Waals surface area contributed by atoms with E-state index in [2.05, 4.69) is 13.8 Å². The lowest BCUT2D eigenvalue weighted by Gasteiger charge is -2.39. The summed E-state index contributed by atoms with van der Waals surface area (Å²) in [5.41, 5.74) is 7.00. The first-order valence-corrected chi connectivity index (χ1v) is 6.56. The Morgan fingerprint density at radius 3 is 2.78 bits per heavy atom. The van der Waals surface area contributed by atoms with Gasteiger partial charge in [-0.25, -0.2) is 4.39 Å². The fourth-order valence-corrected chi connectivity index (χ4v) is 2.54.